The van der Waals surface area contributed by atoms with Gasteiger partial charge in [0.2, 0.25) is 0 Å². The minimum absolute atomic E-state index is 0.290. The van der Waals surface area contributed by atoms with Gasteiger partial charge >= 0.3 is 0 Å². The maximum absolute atomic E-state index is 13.8. The molecule has 0 bridgehead atoms. The van der Waals surface area contributed by atoms with Crippen LogP contribution >= 0.6 is 34.2 Å². The van der Waals surface area contributed by atoms with Gasteiger partial charge in [-0.25, -0.2) is 4.39 Å². The second-order valence-corrected chi connectivity index (χ2v) is 6.33. The number of hydrogen-bond donors (Lipinski definition) is 1. The van der Waals surface area contributed by atoms with Gasteiger partial charge in [-0.1, -0.05) is 48.0 Å². The van der Waals surface area contributed by atoms with Crippen molar-refractivity contribution in [3.8, 4) is 0 Å². The lowest BCUT2D eigenvalue weighted by Crippen LogP contribution is -2.01. The monoisotopic (exact) mass is 412 g/mol. The summed E-state index contributed by atoms with van der Waals surface area (Å²) >= 11 is 8.24. The molecule has 0 aliphatic carbocycles. The van der Waals surface area contributed by atoms with E-state index in [4.69, 9.17) is 11.6 Å². The Bertz CT molecular complexity index is 819. The lowest BCUT2D eigenvalue weighted by atomic mass is 9.96. The molecule has 0 aliphatic rings. The van der Waals surface area contributed by atoms with Crippen LogP contribution in [0.5, 0.6) is 0 Å². The first-order valence-corrected chi connectivity index (χ1v) is 7.84. The fourth-order valence-corrected chi connectivity index (χ4v) is 2.91. The Morgan fingerprint density at radius 2 is 1.71 bits per heavy atom. The zero-order valence-electron chi connectivity index (χ0n) is 10.9. The van der Waals surface area contributed by atoms with Crippen molar-refractivity contribution in [3.63, 3.8) is 0 Å². The van der Waals surface area contributed by atoms with Crippen molar-refractivity contribution in [2.24, 2.45) is 0 Å². The molecular formula is C17H11ClFIO. The summed E-state index contributed by atoms with van der Waals surface area (Å²) in [5.41, 5.74) is 1.36. The van der Waals surface area contributed by atoms with E-state index in [2.05, 4.69) is 22.6 Å². The molecule has 0 aromatic heterocycles. The first-order valence-electron chi connectivity index (χ1n) is 6.38. The first kappa shape index (κ1) is 14.8. The van der Waals surface area contributed by atoms with Crippen molar-refractivity contribution in [1.29, 1.82) is 0 Å². The quantitative estimate of drug-likeness (QED) is 0.565. The number of hydrogen-bond acceptors (Lipinski definition) is 1. The second-order valence-electron chi connectivity index (χ2n) is 4.76. The molecular weight excluding hydrogens is 402 g/mol. The third-order valence-corrected chi connectivity index (χ3v) is 5.03. The minimum Gasteiger partial charge on any atom is -0.384 e. The third-order valence-electron chi connectivity index (χ3n) is 3.46. The van der Waals surface area contributed by atoms with Crippen LogP contribution in [0, 0.1) is 9.39 Å². The maximum Gasteiger partial charge on any atom is 0.131 e. The van der Waals surface area contributed by atoms with Crippen molar-refractivity contribution < 1.29 is 9.50 Å². The average molecular weight is 413 g/mol. The summed E-state index contributed by atoms with van der Waals surface area (Å²) in [4.78, 5) is 0. The number of halogens is 3. The molecule has 3 aromatic rings. The highest BCUT2D eigenvalue weighted by molar-refractivity contribution is 14.1. The Morgan fingerprint density at radius 3 is 2.43 bits per heavy atom. The molecule has 0 heterocycles. The van der Waals surface area contributed by atoms with E-state index < -0.39 is 6.10 Å². The molecule has 0 fully saturated rings. The van der Waals surface area contributed by atoms with Gasteiger partial charge in [-0.2, -0.15) is 0 Å². The van der Waals surface area contributed by atoms with E-state index in [9.17, 15) is 9.50 Å². The van der Waals surface area contributed by atoms with Crippen LogP contribution in [-0.2, 0) is 0 Å². The Labute approximate surface area is 140 Å². The second kappa shape index (κ2) is 5.91. The van der Waals surface area contributed by atoms with Crippen molar-refractivity contribution in [2.45, 2.75) is 6.10 Å². The highest BCUT2D eigenvalue weighted by Crippen LogP contribution is 2.32. The summed E-state index contributed by atoms with van der Waals surface area (Å²) in [5.74, 6) is -0.290. The maximum atomic E-state index is 13.8. The van der Waals surface area contributed by atoms with E-state index in [1.54, 1.807) is 24.3 Å². The van der Waals surface area contributed by atoms with Crippen molar-refractivity contribution in [1.82, 2.24) is 0 Å². The molecule has 0 spiro atoms. The Morgan fingerprint density at radius 1 is 1.00 bits per heavy atom. The zero-order valence-corrected chi connectivity index (χ0v) is 13.8. The molecule has 3 rings (SSSR count). The van der Waals surface area contributed by atoms with E-state index in [-0.39, 0.29) is 5.82 Å². The van der Waals surface area contributed by atoms with Crippen LogP contribution in [0.15, 0.2) is 54.6 Å². The van der Waals surface area contributed by atoms with Gasteiger partial charge < -0.3 is 5.11 Å². The lowest BCUT2D eigenvalue weighted by Gasteiger charge is -2.15. The molecule has 1 atom stereocenters. The molecule has 0 saturated heterocycles. The molecule has 106 valence electrons. The Hall–Kier alpha value is -1.17. The summed E-state index contributed by atoms with van der Waals surface area (Å²) in [7, 11) is 0. The fourth-order valence-electron chi connectivity index (χ4n) is 2.39. The number of aliphatic hydroxyl groups is 1. The van der Waals surface area contributed by atoms with Gasteiger partial charge in [0.1, 0.15) is 11.9 Å². The molecule has 21 heavy (non-hydrogen) atoms. The summed E-state index contributed by atoms with van der Waals surface area (Å²) in [6.45, 7) is 0. The SMILES string of the molecule is OC(c1ccc(I)c(Cl)c1)c1ccc(F)c2ccccc12. The zero-order chi connectivity index (χ0) is 15.0. The number of rotatable bonds is 2. The van der Waals surface area contributed by atoms with Crippen LogP contribution in [0.1, 0.15) is 17.2 Å². The highest BCUT2D eigenvalue weighted by Gasteiger charge is 2.16. The Kier molecular flexibility index (Phi) is 4.15. The van der Waals surface area contributed by atoms with Crippen LogP contribution in [0.25, 0.3) is 10.8 Å². The van der Waals surface area contributed by atoms with Crippen LogP contribution in [0.3, 0.4) is 0 Å². The lowest BCUT2D eigenvalue weighted by molar-refractivity contribution is 0.222. The largest absolute Gasteiger partial charge is 0.384 e. The van der Waals surface area contributed by atoms with E-state index in [1.165, 1.54) is 6.07 Å². The van der Waals surface area contributed by atoms with Gasteiger partial charge in [-0.15, -0.1) is 0 Å². The molecule has 4 heteroatoms. The van der Waals surface area contributed by atoms with Gasteiger partial charge in [0.05, 0.1) is 5.02 Å². The van der Waals surface area contributed by atoms with E-state index in [1.807, 2.05) is 24.3 Å². The summed E-state index contributed by atoms with van der Waals surface area (Å²) in [6.07, 6.45) is -0.843. The normalized spacial score (nSPS) is 12.6. The number of benzene rings is 3. The van der Waals surface area contributed by atoms with E-state index in [0.717, 1.165) is 3.57 Å². The van der Waals surface area contributed by atoms with Crippen LogP contribution < -0.4 is 0 Å². The summed E-state index contributed by atoms with van der Waals surface area (Å²) < 4.78 is 14.8. The van der Waals surface area contributed by atoms with Gasteiger partial charge in [-0.05, 0) is 57.3 Å². The van der Waals surface area contributed by atoms with E-state index >= 15 is 0 Å². The minimum atomic E-state index is -0.843. The van der Waals surface area contributed by atoms with Crippen LogP contribution in [0.4, 0.5) is 4.39 Å². The van der Waals surface area contributed by atoms with E-state index in [0.29, 0.717) is 26.9 Å². The van der Waals surface area contributed by atoms with Crippen LogP contribution in [0.2, 0.25) is 5.02 Å². The van der Waals surface area contributed by atoms with Crippen molar-refractivity contribution >= 4 is 45.0 Å². The molecule has 3 aromatic carbocycles. The number of aliphatic hydroxyl groups excluding tert-OH is 1. The standard InChI is InChI=1S/C17H11ClFIO/c18-14-9-10(5-8-16(14)20)17(21)13-6-7-15(19)12-4-2-1-3-11(12)13/h1-9,17,21H. The smallest absolute Gasteiger partial charge is 0.131 e. The molecule has 0 amide bonds. The topological polar surface area (TPSA) is 20.2 Å². The van der Waals surface area contributed by atoms with Crippen LogP contribution in [-0.4, -0.2) is 5.11 Å². The predicted octanol–water partition coefficient (Wildman–Crippen LogP) is 5.32. The van der Waals surface area contributed by atoms with Gasteiger partial charge in [0, 0.05) is 8.96 Å². The third kappa shape index (κ3) is 2.78. The fraction of sp³-hybridized carbons (Fsp3) is 0.0588. The predicted molar refractivity (Wildman–Crippen MR) is 92.1 cm³/mol. The summed E-state index contributed by atoms with van der Waals surface area (Å²) in [5, 5.41) is 12.4. The molecule has 1 nitrogen and oxygen atoms in total. The van der Waals surface area contributed by atoms with Gasteiger partial charge in [-0.3, -0.25) is 0 Å². The molecule has 1 unspecified atom stereocenters. The highest BCUT2D eigenvalue weighted by atomic mass is 127. The Balaban J connectivity index is 2.15. The molecule has 0 aliphatic heterocycles. The van der Waals surface area contributed by atoms with Gasteiger partial charge in [0.15, 0.2) is 0 Å². The van der Waals surface area contributed by atoms with Crippen molar-refractivity contribution in [2.75, 3.05) is 0 Å². The average Bonchev–Trinajstić information content (AvgIpc) is 2.50. The summed E-state index contributed by atoms with van der Waals surface area (Å²) in [6, 6.07) is 15.6. The molecule has 0 radical (unpaired) electrons. The molecule has 1 N–H and O–H groups in total. The number of fused-ring (bicyclic) bond motifs is 1. The first-order chi connectivity index (χ1) is 10.1. The van der Waals surface area contributed by atoms with Crippen molar-refractivity contribution in [3.05, 3.63) is 80.1 Å². The van der Waals surface area contributed by atoms with Gasteiger partial charge in [0.25, 0.3) is 0 Å². The molecule has 0 saturated carbocycles.